The third kappa shape index (κ3) is 2.50. The second kappa shape index (κ2) is 5.34. The van der Waals surface area contributed by atoms with Gasteiger partial charge in [0.2, 0.25) is 5.91 Å². The van der Waals surface area contributed by atoms with Gasteiger partial charge >= 0.3 is 0 Å². The van der Waals surface area contributed by atoms with Crippen LogP contribution in [0, 0.1) is 0 Å². The largest absolute Gasteiger partial charge is 0.378 e. The lowest BCUT2D eigenvalue weighted by Crippen LogP contribution is -2.08. The van der Waals surface area contributed by atoms with E-state index < -0.39 is 0 Å². The average Bonchev–Trinajstić information content (AvgIpc) is 3.04. The fourth-order valence-corrected chi connectivity index (χ4v) is 2.84. The summed E-state index contributed by atoms with van der Waals surface area (Å²) in [4.78, 5) is 12.2. The Kier molecular flexibility index (Phi) is 3.39. The monoisotopic (exact) mass is 286 g/mol. The number of H-pyrrole nitrogens is 1. The molecule has 0 unspecified atom stereocenters. The molecule has 0 bridgehead atoms. The topological polar surface area (TPSA) is 69.8 Å². The molecule has 0 spiro atoms. The minimum atomic E-state index is -0.0553. The summed E-state index contributed by atoms with van der Waals surface area (Å²) in [5.41, 5.74) is 2.86. The Morgan fingerprint density at radius 3 is 3.10 bits per heavy atom. The van der Waals surface area contributed by atoms with E-state index in [0.29, 0.717) is 6.54 Å². The number of hydrogen-bond donors (Lipinski definition) is 3. The van der Waals surface area contributed by atoms with Crippen LogP contribution in [0.3, 0.4) is 0 Å². The summed E-state index contributed by atoms with van der Waals surface area (Å²) in [5.74, 6) is -0.0553. The number of benzene rings is 1. The first-order valence-electron chi connectivity index (χ1n) is 6.24. The average molecular weight is 286 g/mol. The molecule has 0 aliphatic heterocycles. The van der Waals surface area contributed by atoms with Crippen molar-refractivity contribution in [3.05, 3.63) is 40.7 Å². The van der Waals surface area contributed by atoms with Gasteiger partial charge in [-0.05, 0) is 17.5 Å². The summed E-state index contributed by atoms with van der Waals surface area (Å²) in [6.45, 7) is 2.17. The molecular weight excluding hydrogens is 272 g/mol. The quantitative estimate of drug-likeness (QED) is 0.690. The number of aromatic amines is 1. The molecule has 5 nitrogen and oxygen atoms in total. The molecule has 3 N–H and O–H groups in total. The van der Waals surface area contributed by atoms with Gasteiger partial charge < -0.3 is 10.6 Å². The molecule has 0 saturated heterocycles. The number of aromatic nitrogens is 2. The fraction of sp³-hybridized carbons (Fsp3) is 0.143. The van der Waals surface area contributed by atoms with E-state index in [1.165, 1.54) is 6.92 Å². The summed E-state index contributed by atoms with van der Waals surface area (Å²) in [7, 11) is 0. The van der Waals surface area contributed by atoms with Gasteiger partial charge in [0.1, 0.15) is 0 Å². The van der Waals surface area contributed by atoms with Crippen LogP contribution in [0.5, 0.6) is 0 Å². The number of carbonyl (C=O) groups excluding carboxylic acids is 1. The first kappa shape index (κ1) is 12.7. The highest BCUT2D eigenvalue weighted by molar-refractivity contribution is 7.10. The van der Waals surface area contributed by atoms with Gasteiger partial charge in [0, 0.05) is 17.2 Å². The van der Waals surface area contributed by atoms with Crippen LogP contribution < -0.4 is 10.6 Å². The number of nitrogens with one attached hydrogen (secondary N) is 3. The number of thiophene rings is 1. The summed E-state index contributed by atoms with van der Waals surface area (Å²) in [6.07, 6.45) is 1.80. The number of carbonyl (C=O) groups is 1. The van der Waals surface area contributed by atoms with Crippen LogP contribution in [0.1, 0.15) is 11.8 Å². The Morgan fingerprint density at radius 1 is 1.35 bits per heavy atom. The van der Waals surface area contributed by atoms with Crippen LogP contribution in [0.25, 0.3) is 10.9 Å². The Bertz CT molecular complexity index is 746. The lowest BCUT2D eigenvalue weighted by atomic mass is 10.2. The maximum absolute atomic E-state index is 11.1. The molecule has 0 fully saturated rings. The van der Waals surface area contributed by atoms with Gasteiger partial charge in [-0.15, -0.1) is 11.3 Å². The molecule has 0 aliphatic carbocycles. The van der Waals surface area contributed by atoms with Crippen LogP contribution in [0.15, 0.2) is 35.8 Å². The SMILES string of the molecule is CC(=O)Nc1ccsc1CNc1cccc2cn[nH]c12. The van der Waals surface area contributed by atoms with E-state index >= 15 is 0 Å². The Balaban J connectivity index is 1.78. The molecule has 102 valence electrons. The predicted octanol–water partition coefficient (Wildman–Crippen LogP) is 3.19. The lowest BCUT2D eigenvalue weighted by Gasteiger charge is -2.08. The predicted molar refractivity (Wildman–Crippen MR) is 82.0 cm³/mol. The third-order valence-corrected chi connectivity index (χ3v) is 3.89. The second-order valence-electron chi connectivity index (χ2n) is 4.43. The van der Waals surface area contributed by atoms with Crippen LogP contribution in [-0.4, -0.2) is 16.1 Å². The first-order valence-corrected chi connectivity index (χ1v) is 7.12. The van der Waals surface area contributed by atoms with Gasteiger partial charge in [-0.25, -0.2) is 0 Å². The van der Waals surface area contributed by atoms with E-state index in [0.717, 1.165) is 27.2 Å². The zero-order valence-corrected chi connectivity index (χ0v) is 11.8. The first-order chi connectivity index (χ1) is 9.74. The van der Waals surface area contributed by atoms with Crippen molar-refractivity contribution < 1.29 is 4.79 Å². The number of para-hydroxylation sites is 1. The molecule has 0 aliphatic rings. The van der Waals surface area contributed by atoms with Gasteiger partial charge in [0.15, 0.2) is 0 Å². The van der Waals surface area contributed by atoms with Gasteiger partial charge in [-0.3, -0.25) is 9.89 Å². The second-order valence-corrected chi connectivity index (χ2v) is 5.43. The molecule has 3 aromatic rings. The smallest absolute Gasteiger partial charge is 0.221 e. The summed E-state index contributed by atoms with van der Waals surface area (Å²) in [6, 6.07) is 7.92. The summed E-state index contributed by atoms with van der Waals surface area (Å²) in [5, 5.41) is 16.3. The van der Waals surface area contributed by atoms with Crippen LogP contribution in [0.2, 0.25) is 0 Å². The molecule has 0 radical (unpaired) electrons. The molecular formula is C14H14N4OS. The van der Waals surface area contributed by atoms with Crippen molar-refractivity contribution in [3.63, 3.8) is 0 Å². The number of nitrogens with zero attached hydrogens (tertiary/aromatic N) is 1. The van der Waals surface area contributed by atoms with Gasteiger partial charge in [-0.1, -0.05) is 12.1 Å². The van der Waals surface area contributed by atoms with Crippen LogP contribution in [-0.2, 0) is 11.3 Å². The van der Waals surface area contributed by atoms with E-state index in [4.69, 9.17) is 0 Å². The van der Waals surface area contributed by atoms with E-state index in [2.05, 4.69) is 20.8 Å². The molecule has 0 atom stereocenters. The normalized spacial score (nSPS) is 10.7. The van der Waals surface area contributed by atoms with E-state index in [9.17, 15) is 4.79 Å². The lowest BCUT2D eigenvalue weighted by molar-refractivity contribution is -0.114. The molecule has 2 aromatic heterocycles. The van der Waals surface area contributed by atoms with Gasteiger partial charge in [-0.2, -0.15) is 5.10 Å². The third-order valence-electron chi connectivity index (χ3n) is 2.97. The molecule has 1 aromatic carbocycles. The molecule has 0 saturated carbocycles. The van der Waals surface area contributed by atoms with E-state index in [1.807, 2.05) is 29.6 Å². The van der Waals surface area contributed by atoms with Gasteiger partial charge in [0.25, 0.3) is 0 Å². The van der Waals surface area contributed by atoms with Crippen molar-refractivity contribution >= 4 is 39.5 Å². The van der Waals surface area contributed by atoms with Crippen molar-refractivity contribution in [2.24, 2.45) is 0 Å². The number of anilines is 2. The van der Waals surface area contributed by atoms with Crippen molar-refractivity contribution in [1.82, 2.24) is 10.2 Å². The van der Waals surface area contributed by atoms with E-state index in [1.54, 1.807) is 17.5 Å². The zero-order valence-electron chi connectivity index (χ0n) is 10.9. The minimum Gasteiger partial charge on any atom is -0.378 e. The van der Waals surface area contributed by atoms with Crippen LogP contribution in [0.4, 0.5) is 11.4 Å². The minimum absolute atomic E-state index is 0.0553. The number of fused-ring (bicyclic) bond motifs is 1. The van der Waals surface area contributed by atoms with Crippen molar-refractivity contribution in [2.75, 3.05) is 10.6 Å². The highest BCUT2D eigenvalue weighted by Gasteiger charge is 2.07. The highest BCUT2D eigenvalue weighted by atomic mass is 32.1. The van der Waals surface area contributed by atoms with Crippen molar-refractivity contribution in [1.29, 1.82) is 0 Å². The summed E-state index contributed by atoms with van der Waals surface area (Å²) >= 11 is 1.62. The summed E-state index contributed by atoms with van der Waals surface area (Å²) < 4.78 is 0. The Morgan fingerprint density at radius 2 is 2.25 bits per heavy atom. The van der Waals surface area contributed by atoms with E-state index in [-0.39, 0.29) is 5.91 Å². The maximum Gasteiger partial charge on any atom is 0.221 e. The fourth-order valence-electron chi connectivity index (χ4n) is 2.07. The standard InChI is InChI=1S/C14H14N4OS/c1-9(19)17-11-5-6-20-13(11)8-15-12-4-2-3-10-7-16-18-14(10)12/h2-7,15H,8H2,1H3,(H,16,18)(H,17,19). The Hall–Kier alpha value is -2.34. The molecule has 2 heterocycles. The molecule has 1 amide bonds. The molecule has 3 rings (SSSR count). The zero-order chi connectivity index (χ0) is 13.9. The number of amides is 1. The van der Waals surface area contributed by atoms with Crippen molar-refractivity contribution in [3.8, 4) is 0 Å². The number of hydrogen-bond acceptors (Lipinski definition) is 4. The van der Waals surface area contributed by atoms with Gasteiger partial charge in [0.05, 0.1) is 29.6 Å². The van der Waals surface area contributed by atoms with Crippen LogP contribution >= 0.6 is 11.3 Å². The Labute approximate surface area is 120 Å². The maximum atomic E-state index is 11.1. The molecule has 20 heavy (non-hydrogen) atoms. The van der Waals surface area contributed by atoms with Crippen molar-refractivity contribution in [2.45, 2.75) is 13.5 Å². The number of rotatable bonds is 4. The highest BCUT2D eigenvalue weighted by Crippen LogP contribution is 2.25. The molecule has 6 heteroatoms.